The Morgan fingerprint density at radius 2 is 1.42 bits per heavy atom. The van der Waals surface area contributed by atoms with Crippen molar-refractivity contribution >= 4 is 11.6 Å². The fourth-order valence-corrected chi connectivity index (χ4v) is 4.16. The number of hydrogen-bond donors (Lipinski definition) is 0. The van der Waals surface area contributed by atoms with Crippen molar-refractivity contribution in [3.05, 3.63) is 70.3 Å². The van der Waals surface area contributed by atoms with Crippen LogP contribution < -0.4 is 0 Å². The lowest BCUT2D eigenvalue weighted by Crippen LogP contribution is -2.33. The molecule has 0 amide bonds. The van der Waals surface area contributed by atoms with Crippen molar-refractivity contribution < 1.29 is 0 Å². The van der Waals surface area contributed by atoms with Gasteiger partial charge in [-0.3, -0.25) is 0 Å². The SMILES string of the molecule is CC(=Cc1ccc2c(c1)C(C)(C)CCC2(C)C)c1ccc(C(C)C)cc1. The first-order valence-corrected chi connectivity index (χ1v) is 10.0. The second kappa shape index (κ2) is 6.72. The summed E-state index contributed by atoms with van der Waals surface area (Å²) in [7, 11) is 0. The zero-order chi connectivity index (χ0) is 19.1. The molecule has 0 N–H and O–H groups in total. The van der Waals surface area contributed by atoms with Gasteiger partial charge in [-0.05, 0) is 69.9 Å². The zero-order valence-corrected chi connectivity index (χ0v) is 17.6. The molecular formula is C26H34. The van der Waals surface area contributed by atoms with E-state index in [1.807, 2.05) is 0 Å². The Labute approximate surface area is 160 Å². The van der Waals surface area contributed by atoms with Crippen molar-refractivity contribution in [1.82, 2.24) is 0 Å². The first-order valence-electron chi connectivity index (χ1n) is 10.0. The molecule has 0 saturated heterocycles. The van der Waals surface area contributed by atoms with Gasteiger partial charge in [0.05, 0.1) is 0 Å². The van der Waals surface area contributed by atoms with Gasteiger partial charge >= 0.3 is 0 Å². The average molecular weight is 347 g/mol. The van der Waals surface area contributed by atoms with E-state index in [1.165, 1.54) is 46.2 Å². The first-order chi connectivity index (χ1) is 12.1. The molecule has 26 heavy (non-hydrogen) atoms. The number of hydrogen-bond acceptors (Lipinski definition) is 0. The van der Waals surface area contributed by atoms with Crippen LogP contribution in [-0.2, 0) is 10.8 Å². The molecule has 2 aromatic rings. The van der Waals surface area contributed by atoms with Gasteiger partial charge in [0, 0.05) is 0 Å². The van der Waals surface area contributed by atoms with E-state index in [9.17, 15) is 0 Å². The van der Waals surface area contributed by atoms with Gasteiger partial charge in [0.15, 0.2) is 0 Å². The molecule has 0 saturated carbocycles. The van der Waals surface area contributed by atoms with Crippen LogP contribution in [-0.4, -0.2) is 0 Å². The average Bonchev–Trinajstić information content (AvgIpc) is 2.59. The zero-order valence-electron chi connectivity index (χ0n) is 17.6. The van der Waals surface area contributed by atoms with Crippen LogP contribution in [0.2, 0.25) is 0 Å². The van der Waals surface area contributed by atoms with Crippen LogP contribution in [0.25, 0.3) is 11.6 Å². The van der Waals surface area contributed by atoms with Gasteiger partial charge in [0.1, 0.15) is 0 Å². The van der Waals surface area contributed by atoms with Crippen LogP contribution in [0.3, 0.4) is 0 Å². The summed E-state index contributed by atoms with van der Waals surface area (Å²) in [5, 5.41) is 0. The maximum atomic E-state index is 2.43. The summed E-state index contributed by atoms with van der Waals surface area (Å²) < 4.78 is 0. The number of fused-ring (bicyclic) bond motifs is 1. The fourth-order valence-electron chi connectivity index (χ4n) is 4.16. The van der Waals surface area contributed by atoms with E-state index >= 15 is 0 Å². The number of allylic oxidation sites excluding steroid dienone is 1. The Hall–Kier alpha value is -1.82. The largest absolute Gasteiger partial charge is 0.0587 e. The van der Waals surface area contributed by atoms with Gasteiger partial charge in [-0.15, -0.1) is 0 Å². The highest BCUT2D eigenvalue weighted by Crippen LogP contribution is 2.46. The monoisotopic (exact) mass is 346 g/mol. The van der Waals surface area contributed by atoms with Crippen LogP contribution in [0, 0.1) is 0 Å². The maximum Gasteiger partial charge on any atom is -0.0100 e. The number of benzene rings is 2. The standard InChI is InChI=1S/C26H34/c1-18(2)21-9-11-22(12-10-21)19(3)16-20-8-13-23-24(17-20)26(6,7)15-14-25(23,4)5/h8-13,16-18H,14-15H2,1-7H3. The van der Waals surface area contributed by atoms with E-state index in [4.69, 9.17) is 0 Å². The van der Waals surface area contributed by atoms with E-state index in [0.717, 1.165) is 0 Å². The van der Waals surface area contributed by atoms with Gasteiger partial charge in [0.2, 0.25) is 0 Å². The predicted molar refractivity (Wildman–Crippen MR) is 116 cm³/mol. The molecule has 2 aromatic carbocycles. The molecule has 1 aliphatic carbocycles. The van der Waals surface area contributed by atoms with E-state index in [2.05, 4.69) is 97.0 Å². The van der Waals surface area contributed by atoms with Crippen molar-refractivity contribution in [2.24, 2.45) is 0 Å². The minimum atomic E-state index is 0.265. The van der Waals surface area contributed by atoms with Crippen LogP contribution in [0.5, 0.6) is 0 Å². The summed E-state index contributed by atoms with van der Waals surface area (Å²) in [5.74, 6) is 0.583. The molecule has 0 unspecified atom stereocenters. The fraction of sp³-hybridized carbons (Fsp3) is 0.462. The van der Waals surface area contributed by atoms with Crippen LogP contribution >= 0.6 is 0 Å². The topological polar surface area (TPSA) is 0 Å². The van der Waals surface area contributed by atoms with Gasteiger partial charge in [-0.1, -0.05) is 90.1 Å². The highest BCUT2D eigenvalue weighted by atomic mass is 14.4. The molecule has 0 atom stereocenters. The second-order valence-corrected chi connectivity index (χ2v) is 9.68. The molecule has 0 aromatic heterocycles. The molecular weight excluding hydrogens is 312 g/mol. The molecule has 0 heteroatoms. The minimum Gasteiger partial charge on any atom is -0.0587 e. The molecule has 1 aliphatic rings. The lowest BCUT2D eigenvalue weighted by Gasteiger charge is -2.42. The molecule has 0 fully saturated rings. The third kappa shape index (κ3) is 3.65. The Balaban J connectivity index is 1.96. The lowest BCUT2D eigenvalue weighted by molar-refractivity contribution is 0.332. The normalized spacial score (nSPS) is 18.7. The van der Waals surface area contributed by atoms with Crippen molar-refractivity contribution in [2.75, 3.05) is 0 Å². The van der Waals surface area contributed by atoms with Gasteiger partial charge < -0.3 is 0 Å². The van der Waals surface area contributed by atoms with Gasteiger partial charge in [0.25, 0.3) is 0 Å². The summed E-state index contributed by atoms with van der Waals surface area (Å²) >= 11 is 0. The van der Waals surface area contributed by atoms with Crippen molar-refractivity contribution in [1.29, 1.82) is 0 Å². The molecule has 3 rings (SSSR count). The lowest BCUT2D eigenvalue weighted by atomic mass is 9.63. The maximum absolute atomic E-state index is 2.43. The molecule has 138 valence electrons. The Morgan fingerprint density at radius 1 is 0.846 bits per heavy atom. The van der Waals surface area contributed by atoms with Crippen LogP contribution in [0.4, 0.5) is 0 Å². The summed E-state index contributed by atoms with van der Waals surface area (Å²) in [6.45, 7) is 16.3. The molecule has 0 nitrogen and oxygen atoms in total. The molecule has 0 bridgehead atoms. The Morgan fingerprint density at radius 3 is 2.00 bits per heavy atom. The van der Waals surface area contributed by atoms with Crippen molar-refractivity contribution in [2.45, 2.75) is 78.1 Å². The van der Waals surface area contributed by atoms with Crippen LogP contribution in [0.15, 0.2) is 42.5 Å². The summed E-state index contributed by atoms with van der Waals surface area (Å²) in [4.78, 5) is 0. The van der Waals surface area contributed by atoms with Crippen LogP contribution in [0.1, 0.15) is 95.0 Å². The molecule has 0 spiro atoms. The quantitative estimate of drug-likeness (QED) is 0.499. The van der Waals surface area contributed by atoms with Crippen molar-refractivity contribution in [3.8, 4) is 0 Å². The van der Waals surface area contributed by atoms with E-state index in [1.54, 1.807) is 0 Å². The third-order valence-corrected chi connectivity index (χ3v) is 6.29. The minimum absolute atomic E-state index is 0.265. The smallest absolute Gasteiger partial charge is 0.0100 e. The highest BCUT2D eigenvalue weighted by molar-refractivity contribution is 5.80. The predicted octanol–water partition coefficient (Wildman–Crippen LogP) is 7.72. The highest BCUT2D eigenvalue weighted by Gasteiger charge is 2.36. The van der Waals surface area contributed by atoms with Gasteiger partial charge in [-0.2, -0.15) is 0 Å². The van der Waals surface area contributed by atoms with E-state index in [-0.39, 0.29) is 10.8 Å². The van der Waals surface area contributed by atoms with E-state index in [0.29, 0.717) is 5.92 Å². The molecule has 0 radical (unpaired) electrons. The number of rotatable bonds is 3. The summed E-state index contributed by atoms with van der Waals surface area (Å²) in [5.41, 5.74) is 8.98. The van der Waals surface area contributed by atoms with Crippen molar-refractivity contribution in [3.63, 3.8) is 0 Å². The Bertz CT molecular complexity index is 814. The third-order valence-electron chi connectivity index (χ3n) is 6.29. The van der Waals surface area contributed by atoms with E-state index < -0.39 is 0 Å². The first kappa shape index (κ1) is 19.0. The summed E-state index contributed by atoms with van der Waals surface area (Å²) in [6.07, 6.45) is 4.86. The summed E-state index contributed by atoms with van der Waals surface area (Å²) in [6, 6.07) is 16.1. The Kier molecular flexibility index (Phi) is 4.90. The second-order valence-electron chi connectivity index (χ2n) is 9.68. The molecule has 0 aliphatic heterocycles. The van der Waals surface area contributed by atoms with Gasteiger partial charge in [-0.25, -0.2) is 0 Å². The molecule has 0 heterocycles.